The van der Waals surface area contributed by atoms with Gasteiger partial charge in [-0.15, -0.1) is 10.2 Å². The Morgan fingerprint density at radius 1 is 1.20 bits per heavy atom. The highest BCUT2D eigenvalue weighted by atomic mass is 32.2. The van der Waals surface area contributed by atoms with Crippen LogP contribution in [0.4, 0.5) is 0 Å². The normalized spacial score (nSPS) is 11.9. The molecule has 8 nitrogen and oxygen atoms in total. The summed E-state index contributed by atoms with van der Waals surface area (Å²) in [6.45, 7) is 4.82. The van der Waals surface area contributed by atoms with Gasteiger partial charge >= 0.3 is 0 Å². The average molecular weight is 368 g/mol. The van der Waals surface area contributed by atoms with E-state index in [9.17, 15) is 8.42 Å². The van der Waals surface area contributed by atoms with Gasteiger partial charge in [0.05, 0.1) is 25.2 Å². The highest BCUT2D eigenvalue weighted by Gasteiger charge is 2.25. The van der Waals surface area contributed by atoms with E-state index in [0.29, 0.717) is 30.3 Å². The number of aromatic nitrogens is 3. The van der Waals surface area contributed by atoms with E-state index < -0.39 is 10.0 Å². The van der Waals surface area contributed by atoms with Crippen molar-refractivity contribution in [3.8, 4) is 5.75 Å². The van der Waals surface area contributed by atoms with Crippen molar-refractivity contribution >= 4 is 10.0 Å². The molecule has 138 valence electrons. The van der Waals surface area contributed by atoms with Gasteiger partial charge in [0.2, 0.25) is 10.0 Å². The van der Waals surface area contributed by atoms with E-state index in [1.807, 2.05) is 6.92 Å². The molecule has 0 amide bonds. The fourth-order valence-electron chi connectivity index (χ4n) is 2.54. The predicted molar refractivity (Wildman–Crippen MR) is 93.0 cm³/mol. The minimum Gasteiger partial charge on any atom is -0.496 e. The largest absolute Gasteiger partial charge is 0.496 e. The summed E-state index contributed by atoms with van der Waals surface area (Å²) in [4.78, 5) is 0.223. The van der Waals surface area contributed by atoms with E-state index in [1.165, 1.54) is 18.5 Å². The average Bonchev–Trinajstić information content (AvgIpc) is 2.99. The summed E-state index contributed by atoms with van der Waals surface area (Å²) < 4.78 is 39.3. The lowest BCUT2D eigenvalue weighted by Gasteiger charge is -2.19. The predicted octanol–water partition coefficient (Wildman–Crippen LogP) is 1.37. The van der Waals surface area contributed by atoms with E-state index in [1.54, 1.807) is 37.1 Å². The van der Waals surface area contributed by atoms with E-state index in [0.717, 1.165) is 5.56 Å². The van der Waals surface area contributed by atoms with Gasteiger partial charge in [-0.25, -0.2) is 8.42 Å². The summed E-state index contributed by atoms with van der Waals surface area (Å²) >= 11 is 0. The van der Waals surface area contributed by atoms with Gasteiger partial charge in [0.15, 0.2) is 0 Å². The monoisotopic (exact) mass is 368 g/mol. The maximum Gasteiger partial charge on any atom is 0.243 e. The Bertz CT molecular complexity index is 833. The molecule has 2 rings (SSSR count). The summed E-state index contributed by atoms with van der Waals surface area (Å²) in [5.74, 6) is 1.10. The van der Waals surface area contributed by atoms with Crippen molar-refractivity contribution < 1.29 is 17.9 Å². The van der Waals surface area contributed by atoms with Crippen molar-refractivity contribution in [2.75, 3.05) is 27.9 Å². The summed E-state index contributed by atoms with van der Waals surface area (Å²) in [5, 5.41) is 7.87. The summed E-state index contributed by atoms with van der Waals surface area (Å²) in [6.07, 6.45) is 1.56. The maximum absolute atomic E-state index is 13.0. The van der Waals surface area contributed by atoms with Gasteiger partial charge in [0.1, 0.15) is 17.9 Å². The third-order valence-corrected chi connectivity index (χ3v) is 5.92. The second kappa shape index (κ2) is 7.94. The van der Waals surface area contributed by atoms with Crippen molar-refractivity contribution in [1.29, 1.82) is 0 Å². The lowest BCUT2D eigenvalue weighted by Crippen LogP contribution is -2.29. The lowest BCUT2D eigenvalue weighted by molar-refractivity contribution is 0.185. The summed E-state index contributed by atoms with van der Waals surface area (Å²) in [5.41, 5.74) is 1.56. The minimum absolute atomic E-state index is 0.113. The number of hydrogen-bond donors (Lipinski definition) is 0. The van der Waals surface area contributed by atoms with Crippen LogP contribution in [0.15, 0.2) is 23.4 Å². The number of ether oxygens (including phenoxy) is 2. The van der Waals surface area contributed by atoms with Crippen molar-refractivity contribution in [1.82, 2.24) is 19.1 Å². The molecule has 0 N–H and O–H groups in total. The first-order valence-corrected chi connectivity index (χ1v) is 9.22. The molecule has 0 bridgehead atoms. The number of aryl methyl sites for hydroxylation is 2. The zero-order chi connectivity index (χ0) is 18.6. The Hall–Kier alpha value is -1.97. The molecule has 1 heterocycles. The van der Waals surface area contributed by atoms with Crippen LogP contribution in [-0.2, 0) is 27.8 Å². The molecule has 1 aromatic heterocycles. The standard InChI is InChI=1S/C16H24N4O4S/c1-12-8-13(2)15(9-14(12)24-5)25(21,22)19(3)10-16-18-17-11-20(16)6-7-23-4/h8-9,11H,6-7,10H2,1-5H3. The second-order valence-corrected chi connectivity index (χ2v) is 7.80. The van der Waals surface area contributed by atoms with Gasteiger partial charge in [-0.2, -0.15) is 4.31 Å². The molecule has 0 saturated heterocycles. The zero-order valence-electron chi connectivity index (χ0n) is 15.2. The van der Waals surface area contributed by atoms with Gasteiger partial charge in [-0.05, 0) is 25.0 Å². The molecule has 9 heteroatoms. The Balaban J connectivity index is 2.30. The third kappa shape index (κ3) is 4.17. The van der Waals surface area contributed by atoms with Crippen LogP contribution in [-0.4, -0.2) is 55.4 Å². The van der Waals surface area contributed by atoms with Gasteiger partial charge in [0.25, 0.3) is 0 Å². The molecule has 0 radical (unpaired) electrons. The molecule has 0 saturated carbocycles. The van der Waals surface area contributed by atoms with Gasteiger partial charge in [0, 0.05) is 26.8 Å². The number of sulfonamides is 1. The van der Waals surface area contributed by atoms with E-state index >= 15 is 0 Å². The first kappa shape index (κ1) is 19.4. The van der Waals surface area contributed by atoms with Crippen LogP contribution in [0, 0.1) is 13.8 Å². The molecule has 1 aromatic carbocycles. The van der Waals surface area contributed by atoms with E-state index in [4.69, 9.17) is 9.47 Å². The Morgan fingerprint density at radius 2 is 1.92 bits per heavy atom. The molecule has 0 spiro atoms. The minimum atomic E-state index is -3.69. The van der Waals surface area contributed by atoms with Crippen LogP contribution >= 0.6 is 0 Å². The Labute approximate surface area is 148 Å². The molecule has 0 fully saturated rings. The van der Waals surface area contributed by atoms with Crippen LogP contribution in [0.1, 0.15) is 17.0 Å². The van der Waals surface area contributed by atoms with E-state index in [2.05, 4.69) is 10.2 Å². The molecule has 2 aromatic rings. The zero-order valence-corrected chi connectivity index (χ0v) is 16.0. The van der Waals surface area contributed by atoms with Gasteiger partial charge < -0.3 is 14.0 Å². The highest BCUT2D eigenvalue weighted by Crippen LogP contribution is 2.28. The third-order valence-electron chi connectivity index (χ3n) is 3.98. The first-order valence-electron chi connectivity index (χ1n) is 7.78. The van der Waals surface area contributed by atoms with Crippen molar-refractivity contribution in [3.63, 3.8) is 0 Å². The van der Waals surface area contributed by atoms with Gasteiger partial charge in [-0.3, -0.25) is 0 Å². The first-order chi connectivity index (χ1) is 11.8. The van der Waals surface area contributed by atoms with Crippen LogP contribution in [0.3, 0.4) is 0 Å². The van der Waals surface area contributed by atoms with Crippen molar-refractivity contribution in [2.24, 2.45) is 0 Å². The second-order valence-electron chi connectivity index (χ2n) is 5.78. The molecule has 0 atom stereocenters. The molecule has 25 heavy (non-hydrogen) atoms. The summed E-state index contributed by atoms with van der Waals surface area (Å²) in [7, 11) is 0.962. The molecular formula is C16H24N4O4S. The summed E-state index contributed by atoms with van der Waals surface area (Å²) in [6, 6.07) is 3.37. The maximum atomic E-state index is 13.0. The topological polar surface area (TPSA) is 86.5 Å². The Kier molecular flexibility index (Phi) is 6.15. The van der Waals surface area contributed by atoms with Crippen LogP contribution in [0.5, 0.6) is 5.75 Å². The van der Waals surface area contributed by atoms with Gasteiger partial charge in [-0.1, -0.05) is 6.07 Å². The lowest BCUT2D eigenvalue weighted by atomic mass is 10.1. The van der Waals surface area contributed by atoms with Crippen LogP contribution in [0.2, 0.25) is 0 Å². The fraction of sp³-hybridized carbons (Fsp3) is 0.500. The highest BCUT2D eigenvalue weighted by molar-refractivity contribution is 7.89. The van der Waals surface area contributed by atoms with Crippen molar-refractivity contribution in [3.05, 3.63) is 35.4 Å². The number of hydrogen-bond acceptors (Lipinski definition) is 6. The SMILES string of the molecule is COCCn1cnnc1CN(C)S(=O)(=O)c1cc(OC)c(C)cc1C. The Morgan fingerprint density at radius 3 is 2.56 bits per heavy atom. The number of rotatable bonds is 8. The smallest absolute Gasteiger partial charge is 0.243 e. The van der Waals surface area contributed by atoms with Crippen LogP contribution < -0.4 is 4.74 Å². The molecule has 0 aliphatic heterocycles. The van der Waals surface area contributed by atoms with E-state index in [-0.39, 0.29) is 11.4 Å². The number of benzene rings is 1. The number of methoxy groups -OCH3 is 2. The molecule has 0 aliphatic rings. The molecule has 0 unspecified atom stereocenters. The molecular weight excluding hydrogens is 344 g/mol. The van der Waals surface area contributed by atoms with Crippen molar-refractivity contribution in [2.45, 2.75) is 31.8 Å². The molecule has 0 aliphatic carbocycles. The number of nitrogens with zero attached hydrogens (tertiary/aromatic N) is 4. The fourth-order valence-corrected chi connectivity index (χ4v) is 3.88. The quantitative estimate of drug-likeness (QED) is 0.699. The van der Waals surface area contributed by atoms with Crippen LogP contribution in [0.25, 0.3) is 0 Å².